The summed E-state index contributed by atoms with van der Waals surface area (Å²) >= 11 is 0. The minimum atomic E-state index is -0.0180. The molecule has 0 aliphatic heterocycles. The molecule has 2 aromatic carbocycles. The smallest absolute Gasteiger partial charge is 0.322 e. The number of carbonyl (C=O) groups excluding carboxylic acids is 1. The van der Waals surface area contributed by atoms with E-state index in [2.05, 4.69) is 54.6 Å². The number of H-pyrrole nitrogens is 1. The molecule has 3 aliphatic carbocycles. The Kier molecular flexibility index (Phi) is 5.32. The summed E-state index contributed by atoms with van der Waals surface area (Å²) in [6.45, 7) is 8.23. The molecule has 1 fully saturated rings. The summed E-state index contributed by atoms with van der Waals surface area (Å²) < 4.78 is 0. The maximum absolute atomic E-state index is 13.4. The number of aromatic nitrogens is 1. The highest BCUT2D eigenvalue weighted by Gasteiger charge is 2.51. The molecule has 2 amide bonds. The topological polar surface area (TPSA) is 48.1 Å². The molecule has 1 aromatic heterocycles. The minimum Gasteiger partial charge on any atom is -0.361 e. The SMILES string of the molecule is Cc1cccc(NC(=O)N(CCc2c[nH]c3ccccc23)CC2=CCC3CC2C3(C)C)c1. The fourth-order valence-corrected chi connectivity index (χ4v) is 5.65. The van der Waals surface area contributed by atoms with Crippen molar-refractivity contribution in [3.05, 3.63) is 77.5 Å². The molecule has 2 unspecified atom stereocenters. The Morgan fingerprint density at radius 1 is 1.19 bits per heavy atom. The number of aryl methyl sites for hydroxylation is 1. The van der Waals surface area contributed by atoms with Crippen LogP contribution in [0, 0.1) is 24.2 Å². The fourth-order valence-electron chi connectivity index (χ4n) is 5.65. The van der Waals surface area contributed by atoms with Crippen molar-refractivity contribution in [2.75, 3.05) is 18.4 Å². The maximum Gasteiger partial charge on any atom is 0.322 e. The molecule has 32 heavy (non-hydrogen) atoms. The molecule has 3 aromatic rings. The number of carbonyl (C=O) groups is 1. The molecular weight excluding hydrogens is 394 g/mol. The van der Waals surface area contributed by atoms with Gasteiger partial charge in [-0.15, -0.1) is 0 Å². The van der Waals surface area contributed by atoms with Crippen LogP contribution in [0.15, 0.2) is 66.4 Å². The van der Waals surface area contributed by atoms with E-state index in [1.165, 1.54) is 22.9 Å². The van der Waals surface area contributed by atoms with Crippen molar-refractivity contribution in [2.45, 2.75) is 40.0 Å². The lowest BCUT2D eigenvalue weighted by Gasteiger charge is -2.57. The molecule has 3 aliphatic rings. The largest absolute Gasteiger partial charge is 0.361 e. The van der Waals surface area contributed by atoms with Gasteiger partial charge in [0.2, 0.25) is 0 Å². The van der Waals surface area contributed by atoms with Gasteiger partial charge in [0.1, 0.15) is 0 Å². The number of nitrogens with zero attached hydrogens (tertiary/aromatic N) is 1. The summed E-state index contributed by atoms with van der Waals surface area (Å²) in [4.78, 5) is 18.7. The number of hydrogen-bond acceptors (Lipinski definition) is 1. The van der Waals surface area contributed by atoms with Gasteiger partial charge < -0.3 is 15.2 Å². The molecule has 1 saturated carbocycles. The Hall–Kier alpha value is -3.01. The van der Waals surface area contributed by atoms with E-state index in [0.29, 0.717) is 24.4 Å². The first-order chi connectivity index (χ1) is 15.4. The average molecular weight is 428 g/mol. The molecule has 2 N–H and O–H groups in total. The summed E-state index contributed by atoms with van der Waals surface area (Å²) in [5.74, 6) is 1.40. The predicted molar refractivity (Wildman–Crippen MR) is 132 cm³/mol. The Morgan fingerprint density at radius 3 is 2.81 bits per heavy atom. The summed E-state index contributed by atoms with van der Waals surface area (Å²) in [7, 11) is 0. The van der Waals surface area contributed by atoms with Crippen LogP contribution in [0.5, 0.6) is 0 Å². The monoisotopic (exact) mass is 427 g/mol. The highest BCUT2D eigenvalue weighted by Crippen LogP contribution is 2.59. The van der Waals surface area contributed by atoms with Gasteiger partial charge in [0.25, 0.3) is 0 Å². The molecule has 2 bridgehead atoms. The van der Waals surface area contributed by atoms with Crippen molar-refractivity contribution in [3.8, 4) is 0 Å². The zero-order valence-electron chi connectivity index (χ0n) is 19.3. The fraction of sp³-hybridized carbons (Fsp3) is 0.393. The van der Waals surface area contributed by atoms with Crippen molar-refractivity contribution >= 4 is 22.6 Å². The number of benzene rings is 2. The standard InChI is InChI=1S/C28H33N3O/c1-19-7-6-8-23(15-19)30-27(32)31(18-21-11-12-22-16-25(21)28(22,2)3)14-13-20-17-29-26-10-5-4-9-24(20)26/h4-11,15,17,22,25,29H,12-14,16,18H2,1-3H3,(H,30,32). The second kappa shape index (κ2) is 8.16. The third-order valence-corrected chi connectivity index (χ3v) is 7.84. The molecule has 1 heterocycles. The van der Waals surface area contributed by atoms with Crippen LogP contribution >= 0.6 is 0 Å². The summed E-state index contributed by atoms with van der Waals surface area (Å²) in [6, 6.07) is 16.4. The van der Waals surface area contributed by atoms with Gasteiger partial charge in [-0.05, 0) is 72.8 Å². The number of nitrogens with one attached hydrogen (secondary N) is 2. The van der Waals surface area contributed by atoms with E-state index in [1.807, 2.05) is 42.2 Å². The van der Waals surface area contributed by atoms with E-state index in [1.54, 1.807) is 0 Å². The highest BCUT2D eigenvalue weighted by atomic mass is 16.2. The van der Waals surface area contributed by atoms with Crippen molar-refractivity contribution in [2.24, 2.45) is 17.3 Å². The Morgan fingerprint density at radius 2 is 2.03 bits per heavy atom. The van der Waals surface area contributed by atoms with Crippen LogP contribution < -0.4 is 5.32 Å². The van der Waals surface area contributed by atoms with Gasteiger partial charge in [-0.25, -0.2) is 4.79 Å². The third-order valence-electron chi connectivity index (χ3n) is 7.84. The van der Waals surface area contributed by atoms with Crippen molar-refractivity contribution in [1.29, 1.82) is 0 Å². The van der Waals surface area contributed by atoms with E-state index in [9.17, 15) is 4.79 Å². The summed E-state index contributed by atoms with van der Waals surface area (Å²) in [6.07, 6.45) is 7.74. The van der Waals surface area contributed by atoms with Crippen LogP contribution in [0.25, 0.3) is 10.9 Å². The Bertz CT molecular complexity index is 1170. The first kappa shape index (κ1) is 20.9. The summed E-state index contributed by atoms with van der Waals surface area (Å²) in [5, 5.41) is 4.38. The molecule has 0 radical (unpaired) electrons. The lowest BCUT2D eigenvalue weighted by Crippen LogP contribution is -2.50. The molecular formula is C28H33N3O. The van der Waals surface area contributed by atoms with Crippen LogP contribution in [-0.4, -0.2) is 29.0 Å². The molecule has 6 rings (SSSR count). The minimum absolute atomic E-state index is 0.0180. The molecule has 4 heteroatoms. The first-order valence-electron chi connectivity index (χ1n) is 11.8. The second-order valence-electron chi connectivity index (χ2n) is 10.2. The van der Waals surface area contributed by atoms with E-state index in [0.717, 1.165) is 35.5 Å². The van der Waals surface area contributed by atoms with Crippen molar-refractivity contribution in [1.82, 2.24) is 9.88 Å². The summed E-state index contributed by atoms with van der Waals surface area (Å²) in [5.41, 5.74) is 6.21. The molecule has 166 valence electrons. The van der Waals surface area contributed by atoms with Gasteiger partial charge in [0, 0.05) is 35.9 Å². The lowest BCUT2D eigenvalue weighted by atomic mass is 9.49. The number of allylic oxidation sites excluding steroid dienone is 1. The number of fused-ring (bicyclic) bond motifs is 2. The van der Waals surface area contributed by atoms with E-state index in [-0.39, 0.29) is 6.03 Å². The zero-order chi connectivity index (χ0) is 22.3. The molecule has 0 spiro atoms. The quantitative estimate of drug-likeness (QED) is 0.431. The van der Waals surface area contributed by atoms with E-state index >= 15 is 0 Å². The van der Waals surface area contributed by atoms with Crippen LogP contribution in [0.4, 0.5) is 10.5 Å². The Balaban J connectivity index is 1.35. The maximum atomic E-state index is 13.4. The molecule has 0 saturated heterocycles. The number of anilines is 1. The number of urea groups is 1. The number of aromatic amines is 1. The van der Waals surface area contributed by atoms with E-state index in [4.69, 9.17) is 0 Å². The predicted octanol–water partition coefficient (Wildman–Crippen LogP) is 6.55. The van der Waals surface area contributed by atoms with Crippen molar-refractivity contribution < 1.29 is 4.79 Å². The van der Waals surface area contributed by atoms with Gasteiger partial charge >= 0.3 is 6.03 Å². The third kappa shape index (κ3) is 3.83. The Labute approximate surface area is 190 Å². The van der Waals surface area contributed by atoms with Crippen LogP contribution in [0.1, 0.15) is 37.8 Å². The normalized spacial score (nSPS) is 21.0. The molecule has 2 atom stereocenters. The second-order valence-corrected chi connectivity index (χ2v) is 10.2. The lowest BCUT2D eigenvalue weighted by molar-refractivity contribution is -0.00949. The van der Waals surface area contributed by atoms with Crippen molar-refractivity contribution in [3.63, 3.8) is 0 Å². The highest BCUT2D eigenvalue weighted by molar-refractivity contribution is 5.89. The van der Waals surface area contributed by atoms with Gasteiger partial charge in [-0.1, -0.05) is 55.8 Å². The number of amides is 2. The number of para-hydroxylation sites is 1. The zero-order valence-corrected chi connectivity index (χ0v) is 19.3. The van der Waals surface area contributed by atoms with Crippen LogP contribution in [-0.2, 0) is 6.42 Å². The number of hydrogen-bond donors (Lipinski definition) is 2. The number of rotatable bonds is 6. The van der Waals surface area contributed by atoms with Gasteiger partial charge in [-0.2, -0.15) is 0 Å². The first-order valence-corrected chi connectivity index (χ1v) is 11.8. The van der Waals surface area contributed by atoms with Gasteiger partial charge in [-0.3, -0.25) is 0 Å². The van der Waals surface area contributed by atoms with Gasteiger partial charge in [0.05, 0.1) is 0 Å². The van der Waals surface area contributed by atoms with Gasteiger partial charge in [0.15, 0.2) is 0 Å². The average Bonchev–Trinajstić information content (AvgIpc) is 3.19. The van der Waals surface area contributed by atoms with Crippen LogP contribution in [0.3, 0.4) is 0 Å². The van der Waals surface area contributed by atoms with Crippen LogP contribution in [0.2, 0.25) is 0 Å². The molecule has 4 nitrogen and oxygen atoms in total. The van der Waals surface area contributed by atoms with E-state index < -0.39 is 0 Å².